The third kappa shape index (κ3) is 4.01. The number of nitrogens with zero attached hydrogens (tertiary/aromatic N) is 2. The summed E-state index contributed by atoms with van der Waals surface area (Å²) in [7, 11) is 0. The first-order valence-corrected chi connectivity index (χ1v) is 9.51. The van der Waals surface area contributed by atoms with Gasteiger partial charge < -0.3 is 10.0 Å². The quantitative estimate of drug-likeness (QED) is 0.831. The zero-order chi connectivity index (χ0) is 18.0. The van der Waals surface area contributed by atoms with Crippen LogP contribution in [0.15, 0.2) is 29.8 Å². The molecule has 2 fully saturated rings. The summed E-state index contributed by atoms with van der Waals surface area (Å²) < 4.78 is 0. The summed E-state index contributed by atoms with van der Waals surface area (Å²) in [5.74, 6) is 0.992. The molecule has 5 heteroatoms. The van der Waals surface area contributed by atoms with Crippen molar-refractivity contribution in [2.75, 3.05) is 19.6 Å². The van der Waals surface area contributed by atoms with Crippen molar-refractivity contribution >= 4 is 17.5 Å². The van der Waals surface area contributed by atoms with Crippen LogP contribution < -0.4 is 0 Å². The van der Waals surface area contributed by atoms with E-state index in [4.69, 9.17) is 11.6 Å². The molecule has 3 rings (SSSR count). The van der Waals surface area contributed by atoms with Crippen molar-refractivity contribution in [3.8, 4) is 5.75 Å². The molecular formula is C20H27ClN2O2. The fourth-order valence-electron chi connectivity index (χ4n) is 4.16. The largest absolute Gasteiger partial charge is 0.508 e. The SMILES string of the molecule is C/C=C(\C)C(=O)N1CC[C@@H]2[C@H](CCCN2Cc2cc(Cl)ccc2O)C1. The molecule has 136 valence electrons. The van der Waals surface area contributed by atoms with Crippen LogP contribution in [0.3, 0.4) is 0 Å². The number of phenols is 1. The lowest BCUT2D eigenvalue weighted by atomic mass is 9.83. The van der Waals surface area contributed by atoms with Gasteiger partial charge in [-0.1, -0.05) is 17.7 Å². The molecule has 1 aromatic rings. The molecule has 1 amide bonds. The lowest BCUT2D eigenvalue weighted by Crippen LogP contribution is -2.54. The van der Waals surface area contributed by atoms with E-state index in [0.717, 1.165) is 50.2 Å². The Kier molecular flexibility index (Phi) is 5.70. The Bertz CT molecular complexity index is 674. The first-order chi connectivity index (χ1) is 12.0. The molecule has 0 saturated carbocycles. The zero-order valence-corrected chi connectivity index (χ0v) is 15.8. The molecule has 4 nitrogen and oxygen atoms in total. The third-order valence-corrected chi connectivity index (χ3v) is 5.89. The Balaban J connectivity index is 1.69. The van der Waals surface area contributed by atoms with Crippen molar-refractivity contribution in [1.29, 1.82) is 0 Å². The van der Waals surface area contributed by atoms with Crippen LogP contribution in [0, 0.1) is 5.92 Å². The molecule has 1 N–H and O–H groups in total. The monoisotopic (exact) mass is 362 g/mol. The van der Waals surface area contributed by atoms with Gasteiger partial charge in [0.2, 0.25) is 5.91 Å². The summed E-state index contributed by atoms with van der Waals surface area (Å²) in [6, 6.07) is 5.71. The zero-order valence-electron chi connectivity index (χ0n) is 15.0. The summed E-state index contributed by atoms with van der Waals surface area (Å²) in [4.78, 5) is 16.9. The minimum absolute atomic E-state index is 0.172. The normalized spacial score (nSPS) is 24.9. The molecule has 25 heavy (non-hydrogen) atoms. The molecule has 2 aliphatic rings. The number of fused-ring (bicyclic) bond motifs is 1. The van der Waals surface area contributed by atoms with Crippen LogP contribution in [0.2, 0.25) is 5.02 Å². The molecule has 2 saturated heterocycles. The van der Waals surface area contributed by atoms with Gasteiger partial charge in [0.15, 0.2) is 0 Å². The molecule has 0 bridgehead atoms. The highest BCUT2D eigenvalue weighted by molar-refractivity contribution is 6.30. The summed E-state index contributed by atoms with van der Waals surface area (Å²) >= 11 is 6.09. The van der Waals surface area contributed by atoms with Gasteiger partial charge in [-0.05, 0) is 63.8 Å². The number of benzene rings is 1. The van der Waals surface area contributed by atoms with Crippen LogP contribution in [0.1, 0.15) is 38.7 Å². The highest BCUT2D eigenvalue weighted by Gasteiger charge is 2.37. The first-order valence-electron chi connectivity index (χ1n) is 9.13. The Hall–Kier alpha value is -1.52. The second kappa shape index (κ2) is 7.79. The molecule has 1 aromatic carbocycles. The first kappa shape index (κ1) is 18.3. The topological polar surface area (TPSA) is 43.8 Å². The average molecular weight is 363 g/mol. The predicted molar refractivity (Wildman–Crippen MR) is 101 cm³/mol. The minimum Gasteiger partial charge on any atom is -0.508 e. The van der Waals surface area contributed by atoms with Gasteiger partial charge in [0, 0.05) is 41.8 Å². The number of rotatable bonds is 3. The van der Waals surface area contributed by atoms with Crippen LogP contribution in [0.25, 0.3) is 0 Å². The van der Waals surface area contributed by atoms with Gasteiger partial charge in [-0.2, -0.15) is 0 Å². The van der Waals surface area contributed by atoms with E-state index in [1.54, 1.807) is 12.1 Å². The Morgan fingerprint density at radius 1 is 1.36 bits per heavy atom. The fraction of sp³-hybridized carbons (Fsp3) is 0.550. The maximum atomic E-state index is 12.5. The van der Waals surface area contributed by atoms with Crippen molar-refractivity contribution in [3.63, 3.8) is 0 Å². The lowest BCUT2D eigenvalue weighted by molar-refractivity contribution is -0.130. The van der Waals surface area contributed by atoms with Crippen molar-refractivity contribution < 1.29 is 9.90 Å². The van der Waals surface area contributed by atoms with Gasteiger partial charge in [-0.15, -0.1) is 0 Å². The maximum absolute atomic E-state index is 12.5. The lowest BCUT2D eigenvalue weighted by Gasteiger charge is -2.47. The number of amides is 1. The number of halogens is 1. The molecule has 0 unspecified atom stereocenters. The number of phenolic OH excluding ortho intramolecular Hbond substituents is 1. The fourth-order valence-corrected chi connectivity index (χ4v) is 4.35. The van der Waals surface area contributed by atoms with E-state index < -0.39 is 0 Å². The summed E-state index contributed by atoms with van der Waals surface area (Å²) in [6.45, 7) is 7.21. The second-order valence-electron chi connectivity index (χ2n) is 7.22. The number of hydrogen-bond acceptors (Lipinski definition) is 3. The van der Waals surface area contributed by atoms with Gasteiger partial charge in [0.1, 0.15) is 5.75 Å². The highest BCUT2D eigenvalue weighted by Crippen LogP contribution is 2.33. The summed E-state index contributed by atoms with van der Waals surface area (Å²) in [6.07, 6.45) is 5.19. The van der Waals surface area contributed by atoms with E-state index in [-0.39, 0.29) is 5.91 Å². The average Bonchev–Trinajstić information content (AvgIpc) is 2.63. The Morgan fingerprint density at radius 3 is 2.92 bits per heavy atom. The van der Waals surface area contributed by atoms with Crippen LogP contribution in [-0.4, -0.2) is 46.5 Å². The van der Waals surface area contributed by atoms with Crippen molar-refractivity contribution in [2.45, 2.75) is 45.7 Å². The van der Waals surface area contributed by atoms with Gasteiger partial charge in [0.25, 0.3) is 0 Å². The van der Waals surface area contributed by atoms with E-state index in [2.05, 4.69) is 4.90 Å². The Labute approximate surface area is 155 Å². The number of hydrogen-bond donors (Lipinski definition) is 1. The number of likely N-dealkylation sites (tertiary alicyclic amines) is 2. The van der Waals surface area contributed by atoms with E-state index in [9.17, 15) is 9.90 Å². The number of carbonyl (C=O) groups is 1. The van der Waals surface area contributed by atoms with Gasteiger partial charge in [-0.25, -0.2) is 0 Å². The number of allylic oxidation sites excluding steroid dienone is 1. The van der Waals surface area contributed by atoms with E-state index in [0.29, 0.717) is 22.7 Å². The number of carbonyl (C=O) groups excluding carboxylic acids is 1. The van der Waals surface area contributed by atoms with Crippen LogP contribution in [-0.2, 0) is 11.3 Å². The van der Waals surface area contributed by atoms with Crippen molar-refractivity contribution in [2.24, 2.45) is 5.92 Å². The molecule has 2 heterocycles. The Morgan fingerprint density at radius 2 is 2.16 bits per heavy atom. The summed E-state index contributed by atoms with van der Waals surface area (Å²) in [5, 5.41) is 10.8. The van der Waals surface area contributed by atoms with Gasteiger partial charge in [0.05, 0.1) is 0 Å². The summed E-state index contributed by atoms with van der Waals surface area (Å²) in [5.41, 5.74) is 1.71. The third-order valence-electron chi connectivity index (χ3n) is 5.66. The van der Waals surface area contributed by atoms with Crippen LogP contribution in [0.5, 0.6) is 5.75 Å². The second-order valence-corrected chi connectivity index (χ2v) is 7.66. The van der Waals surface area contributed by atoms with Crippen molar-refractivity contribution in [1.82, 2.24) is 9.80 Å². The van der Waals surface area contributed by atoms with Crippen LogP contribution in [0.4, 0.5) is 0 Å². The molecule has 0 aliphatic carbocycles. The van der Waals surface area contributed by atoms with E-state index in [1.165, 1.54) is 6.42 Å². The molecule has 0 aromatic heterocycles. The number of piperidine rings is 2. The molecule has 2 aliphatic heterocycles. The number of aromatic hydroxyl groups is 1. The smallest absolute Gasteiger partial charge is 0.249 e. The minimum atomic E-state index is 0.172. The predicted octanol–water partition coefficient (Wildman–Crippen LogP) is 3.82. The molecule has 2 atom stereocenters. The van der Waals surface area contributed by atoms with Crippen LogP contribution >= 0.6 is 11.6 Å². The molecule has 0 radical (unpaired) electrons. The van der Waals surface area contributed by atoms with E-state index >= 15 is 0 Å². The molecule has 0 spiro atoms. The van der Waals surface area contributed by atoms with Crippen molar-refractivity contribution in [3.05, 3.63) is 40.4 Å². The van der Waals surface area contributed by atoms with Gasteiger partial charge >= 0.3 is 0 Å². The highest BCUT2D eigenvalue weighted by atomic mass is 35.5. The molecular weight excluding hydrogens is 336 g/mol. The standard InChI is InChI=1S/C20H27ClN2O2/c1-3-14(2)20(25)23-10-8-18-15(12-23)5-4-9-22(18)13-16-11-17(21)6-7-19(16)24/h3,6-7,11,15,18,24H,4-5,8-10,12-13H2,1-2H3/b14-3+/t15-,18-/m1/s1. The maximum Gasteiger partial charge on any atom is 0.249 e. The van der Waals surface area contributed by atoms with Gasteiger partial charge in [-0.3, -0.25) is 9.69 Å². The van der Waals surface area contributed by atoms with E-state index in [1.807, 2.05) is 30.9 Å².